The Morgan fingerprint density at radius 3 is 2.45 bits per heavy atom. The van der Waals surface area contributed by atoms with E-state index in [0.717, 1.165) is 16.5 Å². The van der Waals surface area contributed by atoms with Gasteiger partial charge in [-0.1, -0.05) is 18.2 Å². The fourth-order valence-electron chi connectivity index (χ4n) is 3.32. The Bertz CT molecular complexity index is 977. The van der Waals surface area contributed by atoms with Crippen LogP contribution in [0.25, 0.3) is 0 Å². The number of para-hydroxylation sites is 1. The lowest BCUT2D eigenvalue weighted by Crippen LogP contribution is -2.46. The molecule has 0 aromatic heterocycles. The van der Waals surface area contributed by atoms with Gasteiger partial charge >= 0.3 is 6.03 Å². The topological polar surface area (TPSA) is 84.9 Å². The zero-order chi connectivity index (χ0) is 21.2. The van der Waals surface area contributed by atoms with E-state index in [1.165, 1.54) is 26.4 Å². The summed E-state index contributed by atoms with van der Waals surface area (Å²) in [4.78, 5) is 38.7. The molecule has 7 nitrogen and oxygen atoms in total. The van der Waals surface area contributed by atoms with Gasteiger partial charge in [0.25, 0.3) is 5.91 Å². The maximum absolute atomic E-state index is 13.9. The number of ether oxygens (including phenoxy) is 2. The van der Waals surface area contributed by atoms with E-state index in [9.17, 15) is 18.8 Å². The van der Waals surface area contributed by atoms with Crippen LogP contribution in [0.15, 0.2) is 42.5 Å². The number of rotatable bonds is 7. The molecule has 3 rings (SSSR count). The van der Waals surface area contributed by atoms with E-state index >= 15 is 0 Å². The number of nitrogens with one attached hydrogen (secondary N) is 1. The van der Waals surface area contributed by atoms with Crippen LogP contribution in [-0.4, -0.2) is 48.9 Å². The molecule has 1 aliphatic heterocycles. The van der Waals surface area contributed by atoms with Gasteiger partial charge in [0.2, 0.25) is 0 Å². The summed E-state index contributed by atoms with van der Waals surface area (Å²) < 4.78 is 24.0. The molecular weight excluding hydrogens is 379 g/mol. The van der Waals surface area contributed by atoms with Gasteiger partial charge in [-0.15, -0.1) is 0 Å². The van der Waals surface area contributed by atoms with Crippen LogP contribution in [0.1, 0.15) is 22.8 Å². The van der Waals surface area contributed by atoms with E-state index in [4.69, 9.17) is 9.47 Å². The van der Waals surface area contributed by atoms with Crippen molar-refractivity contribution in [2.24, 2.45) is 0 Å². The zero-order valence-electron chi connectivity index (χ0n) is 16.3. The van der Waals surface area contributed by atoms with Crippen molar-refractivity contribution in [3.05, 3.63) is 59.4 Å². The number of benzene rings is 2. The number of Topliss-reactive ketones (excluding diaryl/α,β-unsaturated/α-hetero) is 1. The summed E-state index contributed by atoms with van der Waals surface area (Å²) >= 11 is 0. The number of nitrogens with zero attached hydrogens (tertiary/aromatic N) is 1. The number of methoxy groups -OCH3 is 2. The molecule has 1 fully saturated rings. The van der Waals surface area contributed by atoms with Crippen LogP contribution in [-0.2, 0) is 11.2 Å². The lowest BCUT2D eigenvalue weighted by Gasteiger charge is -2.22. The molecule has 0 radical (unpaired) electrons. The number of imide groups is 1. The molecule has 1 heterocycles. The van der Waals surface area contributed by atoms with Gasteiger partial charge in [0.05, 0.1) is 20.8 Å². The predicted octanol–water partition coefficient (Wildman–Crippen LogP) is 2.58. The lowest BCUT2D eigenvalue weighted by atomic mass is 9.92. The van der Waals surface area contributed by atoms with Crippen LogP contribution < -0.4 is 14.8 Å². The molecule has 0 spiro atoms. The molecule has 0 unspecified atom stereocenters. The van der Waals surface area contributed by atoms with Crippen LogP contribution in [0.2, 0.25) is 0 Å². The van der Waals surface area contributed by atoms with Gasteiger partial charge in [0, 0.05) is 12.0 Å². The number of halogens is 1. The maximum atomic E-state index is 13.9. The molecule has 152 valence electrons. The predicted molar refractivity (Wildman–Crippen MR) is 103 cm³/mol. The third-order valence-electron chi connectivity index (χ3n) is 4.86. The Balaban J connectivity index is 1.78. The van der Waals surface area contributed by atoms with E-state index < -0.39 is 35.6 Å². The van der Waals surface area contributed by atoms with Crippen molar-refractivity contribution in [2.75, 3.05) is 20.8 Å². The van der Waals surface area contributed by atoms with Crippen LogP contribution in [0.4, 0.5) is 9.18 Å². The number of carbonyl (C=O) groups excluding carboxylic acids is 3. The summed E-state index contributed by atoms with van der Waals surface area (Å²) in [5.41, 5.74) is -0.435. The van der Waals surface area contributed by atoms with Crippen LogP contribution >= 0.6 is 0 Å². The average Bonchev–Trinajstić information content (AvgIpc) is 2.91. The molecule has 1 atom stereocenters. The van der Waals surface area contributed by atoms with Crippen molar-refractivity contribution >= 4 is 17.7 Å². The number of urea groups is 1. The Kier molecular flexibility index (Phi) is 5.54. The highest BCUT2D eigenvalue weighted by Crippen LogP contribution is 2.27. The first kappa shape index (κ1) is 20.3. The molecule has 1 N–H and O–H groups in total. The van der Waals surface area contributed by atoms with E-state index in [-0.39, 0.29) is 17.7 Å². The molecule has 2 aromatic carbocycles. The molecule has 1 saturated heterocycles. The minimum Gasteiger partial charge on any atom is -0.496 e. The minimum atomic E-state index is -1.23. The second-order valence-corrected chi connectivity index (χ2v) is 6.91. The normalized spacial score (nSPS) is 18.6. The number of hydrogen-bond acceptors (Lipinski definition) is 5. The van der Waals surface area contributed by atoms with Crippen molar-refractivity contribution in [1.29, 1.82) is 0 Å². The summed E-state index contributed by atoms with van der Waals surface area (Å²) in [6.45, 7) is 1.11. The fourth-order valence-corrected chi connectivity index (χ4v) is 3.32. The summed E-state index contributed by atoms with van der Waals surface area (Å²) in [7, 11) is 2.84. The summed E-state index contributed by atoms with van der Waals surface area (Å²) in [5, 5.41) is 2.65. The summed E-state index contributed by atoms with van der Waals surface area (Å²) in [5.74, 6) is -1.19. The summed E-state index contributed by atoms with van der Waals surface area (Å²) in [6.07, 6.45) is 0.198. The Morgan fingerprint density at radius 1 is 1.10 bits per heavy atom. The molecule has 29 heavy (non-hydrogen) atoms. The Hall–Kier alpha value is -3.42. The largest absolute Gasteiger partial charge is 0.496 e. The smallest absolute Gasteiger partial charge is 0.325 e. The molecule has 0 saturated carbocycles. The third-order valence-corrected chi connectivity index (χ3v) is 4.86. The van der Waals surface area contributed by atoms with Gasteiger partial charge in [0.1, 0.15) is 11.3 Å². The Labute approximate surface area is 167 Å². The van der Waals surface area contributed by atoms with Crippen molar-refractivity contribution in [3.8, 4) is 11.5 Å². The van der Waals surface area contributed by atoms with E-state index in [1.807, 2.05) is 6.07 Å². The molecule has 8 heteroatoms. The molecule has 0 aliphatic carbocycles. The monoisotopic (exact) mass is 400 g/mol. The number of ketones is 1. The molecule has 2 aromatic rings. The zero-order valence-corrected chi connectivity index (χ0v) is 16.3. The quantitative estimate of drug-likeness (QED) is 0.570. The van der Waals surface area contributed by atoms with E-state index in [1.54, 1.807) is 25.1 Å². The van der Waals surface area contributed by atoms with Gasteiger partial charge < -0.3 is 14.8 Å². The highest BCUT2D eigenvalue weighted by Gasteiger charge is 2.48. The number of amides is 3. The second kappa shape index (κ2) is 7.90. The van der Waals surface area contributed by atoms with Crippen LogP contribution in [0.5, 0.6) is 11.5 Å². The van der Waals surface area contributed by atoms with Gasteiger partial charge in [-0.25, -0.2) is 9.18 Å². The van der Waals surface area contributed by atoms with Crippen LogP contribution in [0, 0.1) is 5.82 Å². The van der Waals surface area contributed by atoms with Crippen molar-refractivity contribution in [1.82, 2.24) is 10.2 Å². The number of hydrogen-bond donors (Lipinski definition) is 1. The summed E-state index contributed by atoms with van der Waals surface area (Å²) in [6, 6.07) is 10.2. The SMILES string of the molecule is COc1ccc(C(=O)CN2C(=O)N[C@@](C)(Cc3ccccc3OC)C2=O)cc1F. The van der Waals surface area contributed by atoms with E-state index in [2.05, 4.69) is 5.32 Å². The first-order valence-corrected chi connectivity index (χ1v) is 8.92. The van der Waals surface area contributed by atoms with Gasteiger partial charge in [-0.3, -0.25) is 14.5 Å². The van der Waals surface area contributed by atoms with Crippen molar-refractivity contribution in [2.45, 2.75) is 18.9 Å². The third kappa shape index (κ3) is 3.91. The molecule has 1 aliphatic rings. The molecule has 3 amide bonds. The lowest BCUT2D eigenvalue weighted by molar-refractivity contribution is -0.130. The second-order valence-electron chi connectivity index (χ2n) is 6.91. The maximum Gasteiger partial charge on any atom is 0.325 e. The van der Waals surface area contributed by atoms with Gasteiger partial charge in [-0.2, -0.15) is 0 Å². The van der Waals surface area contributed by atoms with Crippen molar-refractivity contribution in [3.63, 3.8) is 0 Å². The first-order chi connectivity index (χ1) is 13.8. The van der Waals surface area contributed by atoms with Crippen LogP contribution in [0.3, 0.4) is 0 Å². The highest BCUT2D eigenvalue weighted by atomic mass is 19.1. The highest BCUT2D eigenvalue weighted by molar-refractivity contribution is 6.11. The minimum absolute atomic E-state index is 0.000857. The Morgan fingerprint density at radius 2 is 1.79 bits per heavy atom. The standard InChI is InChI=1S/C21H21FN2O5/c1-21(11-14-6-4-5-7-17(14)28-2)19(26)24(20(27)23-21)12-16(25)13-8-9-18(29-3)15(22)10-13/h4-10H,11-12H2,1-3H3,(H,23,27)/t21-/m0/s1. The number of carbonyl (C=O) groups is 3. The van der Waals surface area contributed by atoms with Crippen molar-refractivity contribution < 1.29 is 28.2 Å². The average molecular weight is 400 g/mol. The van der Waals surface area contributed by atoms with E-state index in [0.29, 0.717) is 5.75 Å². The molecule has 0 bridgehead atoms. The van der Waals surface area contributed by atoms with Gasteiger partial charge in [-0.05, 0) is 36.8 Å². The fraction of sp³-hybridized carbons (Fsp3) is 0.286. The van der Waals surface area contributed by atoms with Gasteiger partial charge in [0.15, 0.2) is 17.3 Å². The first-order valence-electron chi connectivity index (χ1n) is 8.92. The molecular formula is C21H21FN2O5.